The monoisotopic (exact) mass is 518 g/mol. The lowest BCUT2D eigenvalue weighted by Crippen LogP contribution is -2.15. The fraction of sp³-hybridized carbons (Fsp3) is 0.600. The maximum Gasteiger partial charge on any atom is 0.106 e. The van der Waals surface area contributed by atoms with E-state index in [2.05, 4.69) is 70.0 Å². The van der Waals surface area contributed by atoms with E-state index < -0.39 is 0 Å². The van der Waals surface area contributed by atoms with Gasteiger partial charge < -0.3 is 0 Å². The lowest BCUT2D eigenvalue weighted by Gasteiger charge is -2.24. The van der Waals surface area contributed by atoms with Gasteiger partial charge in [-0.1, -0.05) is 39.5 Å². The van der Waals surface area contributed by atoms with Crippen LogP contribution in [0.3, 0.4) is 0 Å². The second-order valence-corrected chi connectivity index (χ2v) is 11.8. The van der Waals surface area contributed by atoms with Gasteiger partial charge in [0.2, 0.25) is 0 Å². The number of halogens is 2. The first-order valence-corrected chi connectivity index (χ1v) is 12.7. The molecule has 0 spiro atoms. The summed E-state index contributed by atoms with van der Waals surface area (Å²) in [6.45, 7) is 4.89. The zero-order valence-corrected chi connectivity index (χ0v) is 20.9. The van der Waals surface area contributed by atoms with Crippen molar-refractivity contribution in [3.05, 3.63) is 56.0 Å². The third kappa shape index (κ3) is 5.70. The Balaban J connectivity index is 1.52. The van der Waals surface area contributed by atoms with Gasteiger partial charge in [-0.15, -0.1) is 0 Å². The molecular weight excluding hydrogens is 488 g/mol. The first-order valence-electron chi connectivity index (χ1n) is 11.1. The number of aromatic nitrogens is 2. The van der Waals surface area contributed by atoms with E-state index in [-0.39, 0.29) is 0 Å². The molecule has 2 aliphatic carbocycles. The van der Waals surface area contributed by atoms with Crippen molar-refractivity contribution < 1.29 is 0 Å². The summed E-state index contributed by atoms with van der Waals surface area (Å²) in [4.78, 5) is 9.53. The van der Waals surface area contributed by atoms with Gasteiger partial charge in [0.25, 0.3) is 0 Å². The smallest absolute Gasteiger partial charge is 0.106 e. The zero-order valence-electron chi connectivity index (χ0n) is 17.7. The molecule has 4 rings (SSSR count). The van der Waals surface area contributed by atoms with Crippen LogP contribution in [0.1, 0.15) is 87.7 Å². The number of rotatable bonds is 6. The normalized spacial score (nSPS) is 20.3. The minimum Gasteiger partial charge on any atom is -0.246 e. The van der Waals surface area contributed by atoms with Crippen molar-refractivity contribution in [3.63, 3.8) is 0 Å². The van der Waals surface area contributed by atoms with E-state index >= 15 is 0 Å². The van der Waals surface area contributed by atoms with Gasteiger partial charge in [0.05, 0.1) is 0 Å². The fourth-order valence-electron chi connectivity index (χ4n) is 5.59. The molecule has 156 valence electrons. The topological polar surface area (TPSA) is 25.8 Å². The largest absolute Gasteiger partial charge is 0.246 e. The predicted molar refractivity (Wildman–Crippen MR) is 127 cm³/mol. The maximum atomic E-state index is 4.76. The van der Waals surface area contributed by atoms with Gasteiger partial charge in [0.15, 0.2) is 0 Å². The van der Waals surface area contributed by atoms with Gasteiger partial charge in [-0.2, -0.15) is 0 Å². The minimum atomic E-state index is 0.454. The second-order valence-electron chi connectivity index (χ2n) is 10.1. The van der Waals surface area contributed by atoms with Crippen molar-refractivity contribution >= 4 is 31.9 Å². The molecule has 29 heavy (non-hydrogen) atoms. The quantitative estimate of drug-likeness (QED) is 0.363. The summed E-state index contributed by atoms with van der Waals surface area (Å²) in [6, 6.07) is 9.01. The molecule has 2 fully saturated rings. The van der Waals surface area contributed by atoms with Crippen LogP contribution in [-0.4, -0.2) is 9.97 Å². The first-order chi connectivity index (χ1) is 13.8. The molecule has 2 saturated carbocycles. The van der Waals surface area contributed by atoms with Crippen LogP contribution in [0.2, 0.25) is 0 Å². The van der Waals surface area contributed by atoms with Gasteiger partial charge in [0.1, 0.15) is 9.21 Å². The molecule has 0 saturated heterocycles. The summed E-state index contributed by atoms with van der Waals surface area (Å²) in [5.74, 6) is 0. The van der Waals surface area contributed by atoms with Crippen molar-refractivity contribution in [3.8, 4) is 0 Å². The number of pyridine rings is 2. The van der Waals surface area contributed by atoms with Crippen LogP contribution in [0, 0.1) is 10.8 Å². The Morgan fingerprint density at radius 3 is 1.45 bits per heavy atom. The Labute approximate surface area is 192 Å². The minimum absolute atomic E-state index is 0.454. The summed E-state index contributed by atoms with van der Waals surface area (Å²) in [5.41, 5.74) is 5.94. The average Bonchev–Trinajstić information content (AvgIpc) is 3.22. The second kappa shape index (κ2) is 8.78. The van der Waals surface area contributed by atoms with Gasteiger partial charge in [-0.05, 0) is 117 Å². The Morgan fingerprint density at radius 1 is 0.690 bits per heavy atom. The van der Waals surface area contributed by atoms with Crippen LogP contribution in [0.25, 0.3) is 0 Å². The summed E-state index contributed by atoms with van der Waals surface area (Å²) < 4.78 is 1.89. The Bertz CT molecular complexity index is 794. The van der Waals surface area contributed by atoms with E-state index in [9.17, 15) is 0 Å². The van der Waals surface area contributed by atoms with Gasteiger partial charge in [0, 0.05) is 17.8 Å². The molecule has 0 aromatic carbocycles. The molecule has 2 nitrogen and oxygen atoms in total. The van der Waals surface area contributed by atoms with E-state index in [4.69, 9.17) is 9.97 Å². The van der Waals surface area contributed by atoms with Gasteiger partial charge >= 0.3 is 0 Å². The SMILES string of the molecule is CC1(Cc2cc(Br)nc(Cc3cc(CC4(C)CCCC4)cc(Br)n3)c2)CCCC1. The van der Waals surface area contributed by atoms with Crippen molar-refractivity contribution in [2.24, 2.45) is 10.8 Å². The summed E-state index contributed by atoms with van der Waals surface area (Å²) in [7, 11) is 0. The van der Waals surface area contributed by atoms with E-state index in [0.29, 0.717) is 10.8 Å². The molecule has 0 bridgehead atoms. The van der Waals surface area contributed by atoms with E-state index in [1.54, 1.807) is 0 Å². The standard InChI is InChI=1S/C25H32Br2N2/c1-24(7-3-4-8-24)16-18-11-20(28-22(26)13-18)15-21-12-19(14-23(27)29-21)17-25(2)9-5-6-10-25/h11-14H,3-10,15-17H2,1-2H3. The summed E-state index contributed by atoms with van der Waals surface area (Å²) >= 11 is 7.29. The summed E-state index contributed by atoms with van der Waals surface area (Å²) in [6.07, 6.45) is 14.0. The van der Waals surface area contributed by atoms with Gasteiger partial charge in [-0.25, -0.2) is 9.97 Å². The molecule has 2 aromatic heterocycles. The Morgan fingerprint density at radius 2 is 1.07 bits per heavy atom. The Hall–Kier alpha value is -0.740. The van der Waals surface area contributed by atoms with Crippen LogP contribution in [0.4, 0.5) is 0 Å². The lowest BCUT2D eigenvalue weighted by atomic mass is 9.82. The highest BCUT2D eigenvalue weighted by Crippen LogP contribution is 2.41. The predicted octanol–water partition coefficient (Wildman–Crippen LogP) is 7.84. The van der Waals surface area contributed by atoms with Crippen molar-refractivity contribution in [1.82, 2.24) is 9.97 Å². The van der Waals surface area contributed by atoms with E-state index in [1.165, 1.54) is 62.5 Å². The molecule has 0 aliphatic heterocycles. The van der Waals surface area contributed by atoms with Crippen LogP contribution >= 0.6 is 31.9 Å². The third-order valence-corrected chi connectivity index (χ3v) is 7.87. The van der Waals surface area contributed by atoms with Crippen LogP contribution in [0.15, 0.2) is 33.5 Å². The fourth-order valence-corrected chi connectivity index (χ4v) is 6.63. The highest BCUT2D eigenvalue weighted by molar-refractivity contribution is 9.10. The molecule has 2 heterocycles. The zero-order chi connectivity index (χ0) is 20.5. The molecule has 0 unspecified atom stereocenters. The molecular formula is C25H32Br2N2. The number of hydrogen-bond acceptors (Lipinski definition) is 2. The molecule has 0 amide bonds. The Kier molecular flexibility index (Phi) is 6.51. The van der Waals surface area contributed by atoms with Crippen LogP contribution in [-0.2, 0) is 19.3 Å². The van der Waals surface area contributed by atoms with Crippen LogP contribution < -0.4 is 0 Å². The van der Waals surface area contributed by atoms with Crippen molar-refractivity contribution in [2.45, 2.75) is 84.5 Å². The molecule has 0 atom stereocenters. The highest BCUT2D eigenvalue weighted by atomic mass is 79.9. The number of hydrogen-bond donors (Lipinski definition) is 0. The summed E-state index contributed by atoms with van der Waals surface area (Å²) in [5, 5.41) is 0. The molecule has 0 radical (unpaired) electrons. The van der Waals surface area contributed by atoms with E-state index in [1.807, 2.05) is 0 Å². The van der Waals surface area contributed by atoms with Crippen molar-refractivity contribution in [1.29, 1.82) is 0 Å². The lowest BCUT2D eigenvalue weighted by molar-refractivity contribution is 0.334. The highest BCUT2D eigenvalue weighted by Gasteiger charge is 2.30. The van der Waals surface area contributed by atoms with E-state index in [0.717, 1.165) is 39.9 Å². The number of nitrogens with zero attached hydrogens (tertiary/aromatic N) is 2. The molecule has 2 aliphatic rings. The first kappa shape index (κ1) is 21.5. The van der Waals surface area contributed by atoms with Gasteiger partial charge in [-0.3, -0.25) is 0 Å². The molecule has 4 heteroatoms. The molecule has 0 N–H and O–H groups in total. The molecule has 2 aromatic rings. The average molecular weight is 520 g/mol. The van der Waals surface area contributed by atoms with Crippen LogP contribution in [0.5, 0.6) is 0 Å². The third-order valence-electron chi connectivity index (χ3n) is 7.06. The maximum absolute atomic E-state index is 4.76. The van der Waals surface area contributed by atoms with Crippen molar-refractivity contribution in [2.75, 3.05) is 0 Å².